The minimum absolute atomic E-state index is 0.203. The Morgan fingerprint density at radius 3 is 2.91 bits per heavy atom. The highest BCUT2D eigenvalue weighted by Gasteiger charge is 2.37. The summed E-state index contributed by atoms with van der Waals surface area (Å²) in [6, 6.07) is 5.24. The number of anilines is 2. The summed E-state index contributed by atoms with van der Waals surface area (Å²) < 4.78 is 31.5. The average Bonchev–Trinajstić information content (AvgIpc) is 3.69. The molecule has 1 saturated carbocycles. The van der Waals surface area contributed by atoms with E-state index in [1.165, 1.54) is 10.9 Å². The van der Waals surface area contributed by atoms with Crippen LogP contribution in [-0.2, 0) is 26.0 Å². The molecule has 10 nitrogen and oxygen atoms in total. The monoisotopic (exact) mass is 473 g/mol. The van der Waals surface area contributed by atoms with Gasteiger partial charge in [0.2, 0.25) is 12.8 Å². The summed E-state index contributed by atoms with van der Waals surface area (Å²) in [4.78, 5) is 20.8. The number of thiophene rings is 1. The Hall–Kier alpha value is -3.12. The van der Waals surface area contributed by atoms with Crippen molar-refractivity contribution in [3.8, 4) is 10.7 Å². The number of aromatic nitrogens is 4. The minimum Gasteiger partial charge on any atom is -0.466 e. The zero-order chi connectivity index (χ0) is 22.3. The van der Waals surface area contributed by atoms with Gasteiger partial charge in [0.1, 0.15) is 5.82 Å². The first-order valence-electron chi connectivity index (χ1n) is 10.2. The van der Waals surface area contributed by atoms with Gasteiger partial charge in [0.05, 0.1) is 11.5 Å². The highest BCUT2D eigenvalue weighted by atomic mass is 32.2. The highest BCUT2D eigenvalue weighted by molar-refractivity contribution is 7.88. The normalized spacial score (nSPS) is 15.3. The van der Waals surface area contributed by atoms with Gasteiger partial charge < -0.3 is 10.1 Å². The molecule has 12 heteroatoms. The Morgan fingerprint density at radius 1 is 1.38 bits per heavy atom. The maximum absolute atomic E-state index is 12.4. The first-order chi connectivity index (χ1) is 15.4. The van der Waals surface area contributed by atoms with Gasteiger partial charge in [-0.15, -0.1) is 15.3 Å². The van der Waals surface area contributed by atoms with Crippen molar-refractivity contribution in [2.45, 2.75) is 36.3 Å². The Morgan fingerprint density at radius 2 is 2.19 bits per heavy atom. The molecule has 3 aromatic heterocycles. The molecule has 166 valence electrons. The summed E-state index contributed by atoms with van der Waals surface area (Å²) in [5, 5.41) is 10.6. The van der Waals surface area contributed by atoms with Gasteiger partial charge in [0.15, 0.2) is 15.9 Å². The third-order valence-electron chi connectivity index (χ3n) is 5.10. The van der Waals surface area contributed by atoms with Crippen LogP contribution in [0.5, 0.6) is 0 Å². The van der Waals surface area contributed by atoms with Crippen LogP contribution in [0.25, 0.3) is 10.7 Å². The number of esters is 1. The van der Waals surface area contributed by atoms with E-state index in [9.17, 15) is 13.2 Å². The maximum atomic E-state index is 12.4. The van der Waals surface area contributed by atoms with Gasteiger partial charge in [-0.3, -0.25) is 9.89 Å². The van der Waals surface area contributed by atoms with E-state index in [0.29, 0.717) is 41.2 Å². The van der Waals surface area contributed by atoms with Crippen LogP contribution in [0.4, 0.5) is 11.6 Å². The second-order valence-electron chi connectivity index (χ2n) is 7.64. The van der Waals surface area contributed by atoms with Crippen LogP contribution in [0, 0.1) is 0 Å². The Labute approximate surface area is 188 Å². The number of H-pyrrole nitrogens is 1. The zero-order valence-electron chi connectivity index (χ0n) is 17.2. The molecule has 0 unspecified atom stereocenters. The van der Waals surface area contributed by atoms with Gasteiger partial charge in [0.25, 0.3) is 0 Å². The van der Waals surface area contributed by atoms with Crippen molar-refractivity contribution in [1.29, 1.82) is 0 Å². The fourth-order valence-electron chi connectivity index (χ4n) is 3.17. The maximum Gasteiger partial charge on any atom is 0.404 e. The van der Waals surface area contributed by atoms with E-state index < -0.39 is 10.0 Å². The van der Waals surface area contributed by atoms with E-state index in [0.717, 1.165) is 35.4 Å². The van der Waals surface area contributed by atoms with Gasteiger partial charge in [-0.05, 0) is 25.0 Å². The van der Waals surface area contributed by atoms with Crippen LogP contribution in [0.2, 0.25) is 0 Å². The molecule has 0 amide bonds. The summed E-state index contributed by atoms with van der Waals surface area (Å²) in [7, 11) is -3.48. The number of nitrogens with zero attached hydrogens (tertiary/aromatic N) is 4. The van der Waals surface area contributed by atoms with E-state index in [-0.39, 0.29) is 16.8 Å². The largest absolute Gasteiger partial charge is 0.466 e. The van der Waals surface area contributed by atoms with Gasteiger partial charge in [-0.1, -0.05) is 0 Å². The molecule has 0 saturated heterocycles. The fourth-order valence-corrected chi connectivity index (χ4v) is 5.76. The molecule has 1 aliphatic heterocycles. The number of ether oxygens (including phenoxy) is 1. The molecule has 0 aromatic carbocycles. The van der Waals surface area contributed by atoms with Crippen molar-refractivity contribution in [2.75, 3.05) is 18.5 Å². The topological polar surface area (TPSA) is 130 Å². The SMILES string of the molecule is CC(=O)OCCc1cnc(-c2ccc(S(=O)(=O)[N+]3=CC3)s2)nc1Nc1cc(C2CC2)[nH]n1. The van der Waals surface area contributed by atoms with Crippen molar-refractivity contribution in [2.24, 2.45) is 0 Å². The molecule has 4 heterocycles. The van der Waals surface area contributed by atoms with Crippen molar-refractivity contribution in [3.63, 3.8) is 0 Å². The molecular weight excluding hydrogens is 452 g/mol. The number of rotatable bonds is 9. The summed E-state index contributed by atoms with van der Waals surface area (Å²) in [5.41, 5.74) is 1.84. The van der Waals surface area contributed by atoms with Gasteiger partial charge in [-0.25, -0.2) is 9.97 Å². The number of carbonyl (C=O) groups excluding carboxylic acids is 1. The quantitative estimate of drug-likeness (QED) is 0.358. The van der Waals surface area contributed by atoms with Crippen LogP contribution in [-0.4, -0.2) is 57.9 Å². The molecule has 1 aliphatic carbocycles. The number of hydrogen-bond donors (Lipinski definition) is 2. The van der Waals surface area contributed by atoms with Crippen molar-refractivity contribution >= 4 is 45.2 Å². The number of sulfonamides is 1. The molecule has 3 aromatic rings. The molecule has 1 fully saturated rings. The molecule has 2 N–H and O–H groups in total. The second kappa shape index (κ2) is 8.10. The second-order valence-corrected chi connectivity index (χ2v) is 10.8. The average molecular weight is 474 g/mol. The first-order valence-corrected chi connectivity index (χ1v) is 12.4. The Bertz CT molecular complexity index is 1320. The molecular formula is C20H21N6O4S2+. The number of aromatic amines is 1. The van der Waals surface area contributed by atoms with Crippen LogP contribution in [0.1, 0.15) is 36.9 Å². The first kappa shape index (κ1) is 20.8. The fraction of sp³-hybridized carbons (Fsp3) is 0.350. The lowest BCUT2D eigenvalue weighted by Crippen LogP contribution is -2.08. The highest BCUT2D eigenvalue weighted by Crippen LogP contribution is 2.40. The number of carbonyl (C=O) groups is 1. The van der Waals surface area contributed by atoms with Crippen LogP contribution in [0.3, 0.4) is 0 Å². The summed E-state index contributed by atoms with van der Waals surface area (Å²) in [6.45, 7) is 2.00. The van der Waals surface area contributed by atoms with E-state index in [1.807, 2.05) is 6.07 Å². The van der Waals surface area contributed by atoms with Gasteiger partial charge in [-0.2, -0.15) is 13.5 Å². The smallest absolute Gasteiger partial charge is 0.404 e. The summed E-state index contributed by atoms with van der Waals surface area (Å²) >= 11 is 1.13. The van der Waals surface area contributed by atoms with Crippen molar-refractivity contribution in [3.05, 3.63) is 35.7 Å². The molecule has 5 rings (SSSR count). The Balaban J connectivity index is 1.43. The minimum atomic E-state index is -3.48. The zero-order valence-corrected chi connectivity index (χ0v) is 18.9. The van der Waals surface area contributed by atoms with Crippen LogP contribution in [0.15, 0.2) is 28.6 Å². The van der Waals surface area contributed by atoms with E-state index in [1.54, 1.807) is 24.5 Å². The third kappa shape index (κ3) is 4.41. The molecule has 2 aliphatic rings. The van der Waals surface area contributed by atoms with Gasteiger partial charge >= 0.3 is 16.0 Å². The third-order valence-corrected chi connectivity index (χ3v) is 8.42. The summed E-state index contributed by atoms with van der Waals surface area (Å²) in [5.74, 6) is 1.76. The lowest BCUT2D eigenvalue weighted by Gasteiger charge is -2.10. The lowest BCUT2D eigenvalue weighted by atomic mass is 10.2. The molecule has 0 spiro atoms. The van der Waals surface area contributed by atoms with Crippen molar-refractivity contribution < 1.29 is 21.9 Å². The molecule has 32 heavy (non-hydrogen) atoms. The van der Waals surface area contributed by atoms with Crippen LogP contribution < -0.4 is 5.32 Å². The number of hydrogen-bond acceptors (Lipinski definition) is 9. The standard InChI is InChI=1S/C20H21N6O4S2/c1-12(27)30-9-6-14-11-21-20(16-4-5-18(31-16)32(28,29)26-7-8-26)23-19(14)22-17-10-15(24-25-17)13-2-3-13/h4-5,7,10-11,13H,2-3,6,8-9H2,1H3,(H2,21,22,23,24,25)/q+1. The molecule has 0 atom stereocenters. The molecule has 0 radical (unpaired) electrons. The lowest BCUT2D eigenvalue weighted by molar-refractivity contribution is -0.259. The number of nitrogens with one attached hydrogen (secondary N) is 2. The van der Waals surface area contributed by atoms with Gasteiger partial charge in [0, 0.05) is 42.8 Å². The predicted octanol–water partition coefficient (Wildman–Crippen LogP) is 2.44. The predicted molar refractivity (Wildman–Crippen MR) is 118 cm³/mol. The van der Waals surface area contributed by atoms with Crippen molar-refractivity contribution in [1.82, 2.24) is 20.2 Å². The summed E-state index contributed by atoms with van der Waals surface area (Å²) in [6.07, 6.45) is 6.02. The van der Waals surface area contributed by atoms with E-state index in [4.69, 9.17) is 4.74 Å². The van der Waals surface area contributed by atoms with E-state index in [2.05, 4.69) is 25.5 Å². The van der Waals surface area contributed by atoms with Crippen LogP contribution >= 0.6 is 11.3 Å². The van der Waals surface area contributed by atoms with E-state index >= 15 is 0 Å². The Kier molecular flexibility index (Phi) is 5.25. The molecule has 0 bridgehead atoms.